The maximum Gasteiger partial charge on any atom is 0.209 e. The van der Waals surface area contributed by atoms with Gasteiger partial charge in [0, 0.05) is 16.8 Å². The summed E-state index contributed by atoms with van der Waals surface area (Å²) in [4.78, 5) is 18.8. The van der Waals surface area contributed by atoms with Gasteiger partial charge in [-0.15, -0.1) is 0 Å². The average molecular weight is 546 g/mol. The third-order valence-corrected chi connectivity index (χ3v) is 6.74. The number of anilines is 1. The summed E-state index contributed by atoms with van der Waals surface area (Å²) in [5.74, 6) is 1.93. The molecule has 0 bridgehead atoms. The molecule has 0 spiro atoms. The highest BCUT2D eigenvalue weighted by Crippen LogP contribution is 2.44. The van der Waals surface area contributed by atoms with Crippen molar-refractivity contribution in [1.29, 1.82) is 0 Å². The summed E-state index contributed by atoms with van der Waals surface area (Å²) in [6.07, 6.45) is -0.0172. The summed E-state index contributed by atoms with van der Waals surface area (Å²) in [5.41, 5.74) is 4.82. The SMILES string of the molecule is CCOc1cc(C2Nc3nc4ccccc4n3C(C)=C2C(=O)c2ccccc2)cc(Br)c1OC(C)C. The molecule has 184 valence electrons. The molecule has 0 amide bonds. The fourth-order valence-corrected chi connectivity index (χ4v) is 5.20. The van der Waals surface area contributed by atoms with Gasteiger partial charge in [0.25, 0.3) is 0 Å². The molecule has 3 aromatic carbocycles. The van der Waals surface area contributed by atoms with Crippen LogP contribution < -0.4 is 14.8 Å². The van der Waals surface area contributed by atoms with Gasteiger partial charge in [-0.3, -0.25) is 9.36 Å². The van der Waals surface area contributed by atoms with E-state index in [0.29, 0.717) is 35.2 Å². The molecule has 36 heavy (non-hydrogen) atoms. The number of halogens is 1. The van der Waals surface area contributed by atoms with Crippen molar-refractivity contribution in [2.45, 2.75) is 39.8 Å². The van der Waals surface area contributed by atoms with Crippen LogP contribution in [0.1, 0.15) is 49.7 Å². The van der Waals surface area contributed by atoms with Crippen LogP contribution in [-0.4, -0.2) is 28.0 Å². The van der Waals surface area contributed by atoms with E-state index in [9.17, 15) is 4.79 Å². The van der Waals surface area contributed by atoms with Crippen LogP contribution in [-0.2, 0) is 0 Å². The molecule has 0 saturated heterocycles. The van der Waals surface area contributed by atoms with E-state index in [1.165, 1.54) is 0 Å². The van der Waals surface area contributed by atoms with Crippen molar-refractivity contribution >= 4 is 44.4 Å². The van der Waals surface area contributed by atoms with E-state index in [4.69, 9.17) is 14.5 Å². The van der Waals surface area contributed by atoms with E-state index in [-0.39, 0.29) is 11.9 Å². The van der Waals surface area contributed by atoms with Gasteiger partial charge in [-0.05, 0) is 73.5 Å². The second-order valence-electron chi connectivity index (χ2n) is 8.96. The van der Waals surface area contributed by atoms with Crippen molar-refractivity contribution in [3.05, 3.63) is 87.9 Å². The minimum Gasteiger partial charge on any atom is -0.490 e. The average Bonchev–Trinajstić information content (AvgIpc) is 3.25. The fraction of sp³-hybridized carbons (Fsp3) is 0.241. The number of rotatable bonds is 7. The maximum absolute atomic E-state index is 14.0. The molecule has 4 aromatic rings. The van der Waals surface area contributed by atoms with Crippen LogP contribution in [0.5, 0.6) is 11.5 Å². The molecule has 1 atom stereocenters. The van der Waals surface area contributed by atoms with Crippen molar-refractivity contribution in [3.8, 4) is 11.5 Å². The molecule has 7 heteroatoms. The fourth-order valence-electron chi connectivity index (χ4n) is 4.65. The number of imidazole rings is 1. The van der Waals surface area contributed by atoms with Crippen LogP contribution in [0.25, 0.3) is 16.7 Å². The Morgan fingerprint density at radius 1 is 1.11 bits per heavy atom. The number of ketones is 1. The summed E-state index contributed by atoms with van der Waals surface area (Å²) in [6, 6.07) is 20.8. The number of hydrogen-bond donors (Lipinski definition) is 1. The van der Waals surface area contributed by atoms with Gasteiger partial charge in [-0.25, -0.2) is 4.98 Å². The minimum absolute atomic E-state index is 0.0172. The number of aromatic nitrogens is 2. The van der Waals surface area contributed by atoms with Crippen molar-refractivity contribution in [3.63, 3.8) is 0 Å². The quantitative estimate of drug-likeness (QED) is 0.247. The molecule has 1 unspecified atom stereocenters. The monoisotopic (exact) mass is 545 g/mol. The van der Waals surface area contributed by atoms with Gasteiger partial charge in [-0.2, -0.15) is 0 Å². The Morgan fingerprint density at radius 3 is 2.56 bits per heavy atom. The lowest BCUT2D eigenvalue weighted by Crippen LogP contribution is -2.27. The standard InChI is InChI=1S/C29H28BrN3O3/c1-5-35-24-16-20(15-21(30)28(24)36-17(2)3)26-25(27(34)19-11-7-6-8-12-19)18(4)33-23-14-10-9-13-22(23)31-29(33)32-26/h6-17,26H,5H2,1-4H3,(H,31,32). The van der Waals surface area contributed by atoms with Crippen molar-refractivity contribution < 1.29 is 14.3 Å². The highest BCUT2D eigenvalue weighted by Gasteiger charge is 2.34. The predicted molar refractivity (Wildman–Crippen MR) is 147 cm³/mol. The smallest absolute Gasteiger partial charge is 0.209 e. The number of ether oxygens (including phenoxy) is 2. The maximum atomic E-state index is 14.0. The van der Waals surface area contributed by atoms with Crippen molar-refractivity contribution in [1.82, 2.24) is 9.55 Å². The lowest BCUT2D eigenvalue weighted by molar-refractivity contribution is 0.102. The first-order chi connectivity index (χ1) is 17.4. The molecule has 0 radical (unpaired) electrons. The first-order valence-electron chi connectivity index (χ1n) is 12.1. The Hall–Kier alpha value is -3.58. The molecule has 1 aliphatic rings. The molecule has 5 rings (SSSR count). The lowest BCUT2D eigenvalue weighted by Gasteiger charge is -2.30. The van der Waals surface area contributed by atoms with Gasteiger partial charge in [0.15, 0.2) is 17.3 Å². The Bertz CT molecular complexity index is 1470. The molecule has 0 saturated carbocycles. The summed E-state index contributed by atoms with van der Waals surface area (Å²) in [5, 5.41) is 3.55. The molecular weight excluding hydrogens is 518 g/mol. The third kappa shape index (κ3) is 4.28. The highest BCUT2D eigenvalue weighted by molar-refractivity contribution is 9.10. The number of allylic oxidation sites excluding steroid dienone is 1. The van der Waals surface area contributed by atoms with E-state index in [2.05, 4.69) is 21.2 Å². The zero-order chi connectivity index (χ0) is 25.4. The number of benzene rings is 3. The summed E-state index contributed by atoms with van der Waals surface area (Å²) < 4.78 is 14.8. The second kappa shape index (κ2) is 9.82. The summed E-state index contributed by atoms with van der Waals surface area (Å²) in [6.45, 7) is 8.37. The second-order valence-corrected chi connectivity index (χ2v) is 9.82. The third-order valence-electron chi connectivity index (χ3n) is 6.15. The molecular formula is C29H28BrN3O3. The van der Waals surface area contributed by atoms with Crippen LogP contribution in [0.4, 0.5) is 5.95 Å². The highest BCUT2D eigenvalue weighted by atomic mass is 79.9. The Kier molecular flexibility index (Phi) is 6.58. The topological polar surface area (TPSA) is 65.4 Å². The van der Waals surface area contributed by atoms with Gasteiger partial charge in [0.05, 0.1) is 34.3 Å². The number of para-hydroxylation sites is 2. The van der Waals surface area contributed by atoms with Crippen LogP contribution in [0, 0.1) is 0 Å². The Labute approximate surface area is 219 Å². The molecule has 1 N–H and O–H groups in total. The van der Waals surface area contributed by atoms with Gasteiger partial charge in [0.1, 0.15) is 0 Å². The van der Waals surface area contributed by atoms with Crippen LogP contribution >= 0.6 is 15.9 Å². The molecule has 1 aromatic heterocycles. The normalized spacial score (nSPS) is 15.1. The van der Waals surface area contributed by atoms with E-state index >= 15 is 0 Å². The van der Waals surface area contributed by atoms with Gasteiger partial charge >= 0.3 is 0 Å². The van der Waals surface area contributed by atoms with Gasteiger partial charge < -0.3 is 14.8 Å². The first kappa shape index (κ1) is 24.1. The largest absolute Gasteiger partial charge is 0.490 e. The van der Waals surface area contributed by atoms with E-state index in [1.807, 2.05) is 99.0 Å². The van der Waals surface area contributed by atoms with Gasteiger partial charge in [-0.1, -0.05) is 42.5 Å². The number of fused-ring (bicyclic) bond motifs is 3. The number of Topliss-reactive ketones (excluding diaryl/α,β-unsaturated/α-hetero) is 1. The molecule has 0 fully saturated rings. The van der Waals surface area contributed by atoms with Crippen LogP contribution in [0.15, 0.2) is 76.8 Å². The van der Waals surface area contributed by atoms with Crippen LogP contribution in [0.2, 0.25) is 0 Å². The number of carbonyl (C=O) groups excluding carboxylic acids is 1. The van der Waals surface area contributed by atoms with E-state index < -0.39 is 6.04 Å². The predicted octanol–water partition coefficient (Wildman–Crippen LogP) is 7.27. The van der Waals surface area contributed by atoms with Crippen LogP contribution in [0.3, 0.4) is 0 Å². The molecule has 1 aliphatic heterocycles. The number of hydrogen-bond acceptors (Lipinski definition) is 5. The van der Waals surface area contributed by atoms with Crippen molar-refractivity contribution in [2.24, 2.45) is 0 Å². The Balaban J connectivity index is 1.71. The summed E-state index contributed by atoms with van der Waals surface area (Å²) >= 11 is 3.69. The molecule has 6 nitrogen and oxygen atoms in total. The number of carbonyl (C=O) groups is 1. The van der Waals surface area contributed by atoms with E-state index in [0.717, 1.165) is 26.8 Å². The molecule has 2 heterocycles. The minimum atomic E-state index is -0.439. The lowest BCUT2D eigenvalue weighted by atomic mass is 9.89. The van der Waals surface area contributed by atoms with E-state index in [1.54, 1.807) is 0 Å². The van der Waals surface area contributed by atoms with Crippen molar-refractivity contribution in [2.75, 3.05) is 11.9 Å². The zero-order valence-corrected chi connectivity index (χ0v) is 22.3. The van der Waals surface area contributed by atoms with Gasteiger partial charge in [0.2, 0.25) is 5.95 Å². The molecule has 0 aliphatic carbocycles. The summed E-state index contributed by atoms with van der Waals surface area (Å²) in [7, 11) is 0. The number of nitrogens with one attached hydrogen (secondary N) is 1. The zero-order valence-electron chi connectivity index (χ0n) is 20.7. The first-order valence-corrected chi connectivity index (χ1v) is 12.9. The Morgan fingerprint density at radius 2 is 1.83 bits per heavy atom. The number of nitrogens with zero attached hydrogens (tertiary/aromatic N) is 2.